The molecule has 0 saturated heterocycles. The van der Waals surface area contributed by atoms with Gasteiger partial charge in [-0.1, -0.05) is 27.5 Å². The third-order valence-corrected chi connectivity index (χ3v) is 4.25. The summed E-state index contributed by atoms with van der Waals surface area (Å²) < 4.78 is 12.2. The average Bonchev–Trinajstić information content (AvgIpc) is 2.79. The van der Waals surface area contributed by atoms with Gasteiger partial charge in [0, 0.05) is 28.7 Å². The van der Waals surface area contributed by atoms with Crippen LogP contribution in [-0.4, -0.2) is 25.7 Å². The summed E-state index contributed by atoms with van der Waals surface area (Å²) in [7, 11) is 0. The Kier molecular flexibility index (Phi) is 5.48. The summed E-state index contributed by atoms with van der Waals surface area (Å²) in [6.45, 7) is 1.29. The van der Waals surface area contributed by atoms with Crippen LogP contribution in [0.5, 0.6) is 11.5 Å². The van der Waals surface area contributed by atoms with Gasteiger partial charge in [0.05, 0.1) is 30.5 Å². The molecule has 24 heavy (non-hydrogen) atoms. The summed E-state index contributed by atoms with van der Waals surface area (Å²) >= 11 is 9.60. The highest BCUT2D eigenvalue weighted by Crippen LogP contribution is 2.37. The number of hydrogen-bond acceptors (Lipinski definition) is 4. The van der Waals surface area contributed by atoms with Gasteiger partial charge in [-0.2, -0.15) is 0 Å². The van der Waals surface area contributed by atoms with Gasteiger partial charge in [0.1, 0.15) is 0 Å². The lowest BCUT2D eigenvalue weighted by molar-refractivity contribution is -0.114. The zero-order valence-electron chi connectivity index (χ0n) is 12.8. The molecule has 0 radical (unpaired) electrons. The SMILES string of the molecule is O=C(CNc1cc2c(cc1Cl)OCCCO2)Nc1ccc(Br)cc1. The third kappa shape index (κ3) is 4.33. The van der Waals surface area contributed by atoms with Gasteiger partial charge < -0.3 is 20.1 Å². The number of carbonyl (C=O) groups excluding carboxylic acids is 1. The normalized spacial score (nSPS) is 13.1. The molecular formula is C17H16BrClN2O3. The molecule has 0 unspecified atom stereocenters. The molecule has 2 aromatic rings. The van der Waals surface area contributed by atoms with Crippen molar-refractivity contribution in [2.24, 2.45) is 0 Å². The first-order valence-electron chi connectivity index (χ1n) is 7.50. The molecule has 0 fully saturated rings. The number of amides is 1. The fourth-order valence-electron chi connectivity index (χ4n) is 2.23. The van der Waals surface area contributed by atoms with Crippen molar-refractivity contribution in [3.05, 3.63) is 45.9 Å². The zero-order valence-corrected chi connectivity index (χ0v) is 15.1. The van der Waals surface area contributed by atoms with Crippen molar-refractivity contribution in [2.45, 2.75) is 6.42 Å². The van der Waals surface area contributed by atoms with E-state index in [0.29, 0.717) is 35.4 Å². The largest absolute Gasteiger partial charge is 0.490 e. The first kappa shape index (κ1) is 16.9. The second-order valence-electron chi connectivity index (χ2n) is 5.24. The highest BCUT2D eigenvalue weighted by Gasteiger charge is 2.14. The fourth-order valence-corrected chi connectivity index (χ4v) is 2.72. The summed E-state index contributed by atoms with van der Waals surface area (Å²) in [4.78, 5) is 12.0. The average molecular weight is 412 g/mol. The van der Waals surface area contributed by atoms with Crippen molar-refractivity contribution in [3.63, 3.8) is 0 Å². The monoisotopic (exact) mass is 410 g/mol. The molecule has 0 aromatic heterocycles. The minimum absolute atomic E-state index is 0.0927. The molecule has 1 heterocycles. The molecule has 0 spiro atoms. The van der Waals surface area contributed by atoms with Gasteiger partial charge >= 0.3 is 0 Å². The maximum Gasteiger partial charge on any atom is 0.243 e. The van der Waals surface area contributed by atoms with E-state index in [0.717, 1.165) is 16.6 Å². The molecule has 1 aliphatic rings. The maximum absolute atomic E-state index is 12.0. The predicted molar refractivity (Wildman–Crippen MR) is 98.3 cm³/mol. The van der Waals surface area contributed by atoms with Crippen molar-refractivity contribution in [1.82, 2.24) is 0 Å². The van der Waals surface area contributed by atoms with Crippen LogP contribution in [0.4, 0.5) is 11.4 Å². The highest BCUT2D eigenvalue weighted by molar-refractivity contribution is 9.10. The molecular weight excluding hydrogens is 396 g/mol. The van der Waals surface area contributed by atoms with Crippen LogP contribution in [0, 0.1) is 0 Å². The van der Waals surface area contributed by atoms with Crippen LogP contribution in [0.2, 0.25) is 5.02 Å². The van der Waals surface area contributed by atoms with E-state index in [2.05, 4.69) is 26.6 Å². The fraction of sp³-hybridized carbons (Fsp3) is 0.235. The Morgan fingerprint density at radius 3 is 2.50 bits per heavy atom. The Morgan fingerprint density at radius 2 is 1.79 bits per heavy atom. The molecule has 0 bridgehead atoms. The standard InChI is InChI=1S/C17H16BrClN2O3/c18-11-2-4-12(5-3-11)21-17(22)10-20-14-9-16-15(8-13(14)19)23-6-1-7-24-16/h2-5,8-9,20H,1,6-7,10H2,(H,21,22). The first-order valence-corrected chi connectivity index (χ1v) is 8.67. The van der Waals surface area contributed by atoms with Crippen LogP contribution in [0.3, 0.4) is 0 Å². The van der Waals surface area contributed by atoms with E-state index in [-0.39, 0.29) is 12.5 Å². The van der Waals surface area contributed by atoms with Gasteiger partial charge in [0.15, 0.2) is 11.5 Å². The number of rotatable bonds is 4. The Balaban J connectivity index is 1.62. The third-order valence-electron chi connectivity index (χ3n) is 3.40. The number of nitrogens with one attached hydrogen (secondary N) is 2. The van der Waals surface area contributed by atoms with E-state index in [9.17, 15) is 4.79 Å². The Hall–Kier alpha value is -1.92. The second-order valence-corrected chi connectivity index (χ2v) is 6.56. The first-order chi connectivity index (χ1) is 11.6. The minimum atomic E-state index is -0.166. The van der Waals surface area contributed by atoms with E-state index < -0.39 is 0 Å². The Bertz CT molecular complexity index is 737. The number of hydrogen-bond donors (Lipinski definition) is 2. The van der Waals surface area contributed by atoms with Gasteiger partial charge in [-0.3, -0.25) is 4.79 Å². The lowest BCUT2D eigenvalue weighted by Gasteiger charge is -2.13. The van der Waals surface area contributed by atoms with E-state index in [4.69, 9.17) is 21.1 Å². The summed E-state index contributed by atoms with van der Waals surface area (Å²) in [6.07, 6.45) is 0.824. The van der Waals surface area contributed by atoms with Crippen molar-refractivity contribution in [2.75, 3.05) is 30.4 Å². The molecule has 2 aromatic carbocycles. The number of fused-ring (bicyclic) bond motifs is 1. The summed E-state index contributed by atoms with van der Waals surface area (Å²) in [6, 6.07) is 10.8. The molecule has 5 nitrogen and oxygen atoms in total. The quantitative estimate of drug-likeness (QED) is 0.787. The summed E-state index contributed by atoms with van der Waals surface area (Å²) in [5.41, 5.74) is 1.36. The summed E-state index contributed by atoms with van der Waals surface area (Å²) in [5, 5.41) is 6.32. The van der Waals surface area contributed by atoms with Crippen LogP contribution >= 0.6 is 27.5 Å². The molecule has 126 valence electrons. The molecule has 0 saturated carbocycles. The lowest BCUT2D eigenvalue weighted by atomic mass is 10.2. The number of benzene rings is 2. The highest BCUT2D eigenvalue weighted by atomic mass is 79.9. The summed E-state index contributed by atoms with van der Waals surface area (Å²) in [5.74, 6) is 1.09. The molecule has 1 aliphatic heterocycles. The van der Waals surface area contributed by atoms with Gasteiger partial charge in [-0.15, -0.1) is 0 Å². The number of anilines is 2. The maximum atomic E-state index is 12.0. The minimum Gasteiger partial charge on any atom is -0.490 e. The predicted octanol–water partition coefficient (Wildman–Crippen LogP) is 4.31. The molecule has 0 aliphatic carbocycles. The van der Waals surface area contributed by atoms with Gasteiger partial charge in [0.2, 0.25) is 5.91 Å². The van der Waals surface area contributed by atoms with Gasteiger partial charge in [-0.25, -0.2) is 0 Å². The van der Waals surface area contributed by atoms with Crippen molar-refractivity contribution in [1.29, 1.82) is 0 Å². The lowest BCUT2D eigenvalue weighted by Crippen LogP contribution is -2.21. The molecule has 1 amide bonds. The number of carbonyl (C=O) groups is 1. The van der Waals surface area contributed by atoms with E-state index in [1.54, 1.807) is 12.1 Å². The van der Waals surface area contributed by atoms with E-state index in [1.807, 2.05) is 24.3 Å². The molecule has 0 atom stereocenters. The van der Waals surface area contributed by atoms with Crippen molar-refractivity contribution in [3.8, 4) is 11.5 Å². The smallest absolute Gasteiger partial charge is 0.243 e. The van der Waals surface area contributed by atoms with E-state index in [1.165, 1.54) is 0 Å². The van der Waals surface area contributed by atoms with Crippen LogP contribution in [0.25, 0.3) is 0 Å². The van der Waals surface area contributed by atoms with E-state index >= 15 is 0 Å². The number of halogens is 2. The Morgan fingerprint density at radius 1 is 1.12 bits per heavy atom. The van der Waals surface area contributed by atoms with Crippen LogP contribution < -0.4 is 20.1 Å². The van der Waals surface area contributed by atoms with Gasteiger partial charge in [0.25, 0.3) is 0 Å². The molecule has 7 heteroatoms. The van der Waals surface area contributed by atoms with Crippen molar-refractivity contribution < 1.29 is 14.3 Å². The molecule has 3 rings (SSSR count). The topological polar surface area (TPSA) is 59.6 Å². The Labute approximate surface area is 153 Å². The van der Waals surface area contributed by atoms with Crippen LogP contribution in [0.15, 0.2) is 40.9 Å². The van der Waals surface area contributed by atoms with Crippen molar-refractivity contribution >= 4 is 44.8 Å². The van der Waals surface area contributed by atoms with Gasteiger partial charge in [-0.05, 0) is 24.3 Å². The molecule has 2 N–H and O–H groups in total. The zero-order chi connectivity index (χ0) is 16.9. The number of ether oxygens (including phenoxy) is 2. The van der Waals surface area contributed by atoms with Crippen LogP contribution in [0.1, 0.15) is 6.42 Å². The van der Waals surface area contributed by atoms with Crippen LogP contribution in [-0.2, 0) is 4.79 Å². The second kappa shape index (κ2) is 7.77.